The van der Waals surface area contributed by atoms with E-state index in [1.54, 1.807) is 6.20 Å². The van der Waals surface area contributed by atoms with Gasteiger partial charge in [-0.3, -0.25) is 4.79 Å². The predicted octanol–water partition coefficient (Wildman–Crippen LogP) is 2.09. The van der Waals surface area contributed by atoms with E-state index >= 15 is 0 Å². The summed E-state index contributed by atoms with van der Waals surface area (Å²) in [4.78, 5) is 11.2. The topological polar surface area (TPSA) is 42.2 Å². The Morgan fingerprint density at radius 3 is 2.64 bits per heavy atom. The molecule has 0 aliphatic rings. The van der Waals surface area contributed by atoms with Gasteiger partial charge in [0.1, 0.15) is 0 Å². The fourth-order valence-electron chi connectivity index (χ4n) is 1.62. The lowest BCUT2D eigenvalue weighted by molar-refractivity contribution is 0.441. The van der Waals surface area contributed by atoms with Crippen LogP contribution >= 0.6 is 0 Å². The van der Waals surface area contributed by atoms with Gasteiger partial charge in [-0.15, -0.1) is 0 Å². The van der Waals surface area contributed by atoms with E-state index in [9.17, 15) is 9.90 Å². The Morgan fingerprint density at radius 2 is 2.14 bits per heavy atom. The summed E-state index contributed by atoms with van der Waals surface area (Å²) in [6.07, 6.45) is 2.74. The molecule has 0 saturated heterocycles. The lowest BCUT2D eigenvalue weighted by Crippen LogP contribution is -2.13. The van der Waals surface area contributed by atoms with Crippen LogP contribution < -0.4 is 5.43 Å². The molecule has 1 heterocycles. The van der Waals surface area contributed by atoms with Gasteiger partial charge in [0, 0.05) is 18.8 Å². The van der Waals surface area contributed by atoms with E-state index in [0.29, 0.717) is 0 Å². The third-order valence-corrected chi connectivity index (χ3v) is 2.20. The van der Waals surface area contributed by atoms with E-state index in [0.717, 1.165) is 18.7 Å². The molecule has 0 amide bonds. The first-order valence-corrected chi connectivity index (χ1v) is 5.00. The number of nitrogens with zero attached hydrogens (tertiary/aromatic N) is 1. The molecular formula is C11H17NO2. The predicted molar refractivity (Wildman–Crippen MR) is 56.7 cm³/mol. The molecule has 1 aromatic heterocycles. The molecule has 0 radical (unpaired) electrons. The third-order valence-electron chi connectivity index (χ3n) is 2.20. The van der Waals surface area contributed by atoms with E-state index in [4.69, 9.17) is 0 Å². The van der Waals surface area contributed by atoms with Crippen LogP contribution in [0.3, 0.4) is 0 Å². The number of aryl methyl sites for hydroxylation is 1. The van der Waals surface area contributed by atoms with Crippen LogP contribution in [0.1, 0.15) is 38.8 Å². The second kappa shape index (κ2) is 4.31. The van der Waals surface area contributed by atoms with Crippen LogP contribution in [0.5, 0.6) is 5.75 Å². The maximum absolute atomic E-state index is 11.2. The largest absolute Gasteiger partial charge is 0.503 e. The lowest BCUT2D eigenvalue weighted by atomic mass is 10.1. The van der Waals surface area contributed by atoms with Crippen LogP contribution in [0.4, 0.5) is 0 Å². The molecule has 0 aromatic carbocycles. The van der Waals surface area contributed by atoms with Crippen molar-refractivity contribution in [2.24, 2.45) is 0 Å². The molecule has 3 nitrogen and oxygen atoms in total. The fraction of sp³-hybridized carbons (Fsp3) is 0.545. The van der Waals surface area contributed by atoms with Gasteiger partial charge in [-0.2, -0.15) is 0 Å². The Morgan fingerprint density at radius 1 is 1.50 bits per heavy atom. The van der Waals surface area contributed by atoms with Gasteiger partial charge < -0.3 is 9.67 Å². The Balaban J connectivity index is 3.30. The fourth-order valence-corrected chi connectivity index (χ4v) is 1.62. The smallest absolute Gasteiger partial charge is 0.223 e. The van der Waals surface area contributed by atoms with Crippen molar-refractivity contribution in [1.82, 2.24) is 4.57 Å². The summed E-state index contributed by atoms with van der Waals surface area (Å²) in [5.74, 6) is 0.0615. The Kier molecular flexibility index (Phi) is 3.33. The molecule has 0 bridgehead atoms. The van der Waals surface area contributed by atoms with Gasteiger partial charge in [0.15, 0.2) is 5.75 Å². The van der Waals surface area contributed by atoms with Crippen molar-refractivity contribution in [1.29, 1.82) is 0 Å². The van der Waals surface area contributed by atoms with Crippen molar-refractivity contribution in [2.75, 3.05) is 0 Å². The first-order chi connectivity index (χ1) is 6.57. The van der Waals surface area contributed by atoms with Gasteiger partial charge in [-0.05, 0) is 12.3 Å². The second-order valence-electron chi connectivity index (χ2n) is 3.76. The van der Waals surface area contributed by atoms with Gasteiger partial charge in [0.2, 0.25) is 5.43 Å². The Labute approximate surface area is 84.0 Å². The maximum atomic E-state index is 11.2. The van der Waals surface area contributed by atoms with E-state index in [1.165, 1.54) is 6.07 Å². The Hall–Kier alpha value is -1.25. The number of pyridine rings is 1. The van der Waals surface area contributed by atoms with Gasteiger partial charge in [0.05, 0.1) is 5.69 Å². The monoisotopic (exact) mass is 195 g/mol. The normalized spacial score (nSPS) is 10.9. The molecule has 1 aromatic rings. The van der Waals surface area contributed by atoms with Crippen LogP contribution in [0.2, 0.25) is 0 Å². The average Bonchev–Trinajstić information content (AvgIpc) is 2.11. The lowest BCUT2D eigenvalue weighted by Gasteiger charge is -2.16. The second-order valence-corrected chi connectivity index (χ2v) is 3.76. The quantitative estimate of drug-likeness (QED) is 0.802. The van der Waals surface area contributed by atoms with Crippen LogP contribution in [0.15, 0.2) is 17.1 Å². The van der Waals surface area contributed by atoms with Crippen molar-refractivity contribution in [3.63, 3.8) is 0 Å². The molecule has 1 N–H and O–H groups in total. The highest BCUT2D eigenvalue weighted by atomic mass is 16.3. The molecule has 0 aliphatic heterocycles. The molecule has 0 saturated carbocycles. The van der Waals surface area contributed by atoms with Gasteiger partial charge >= 0.3 is 0 Å². The molecular weight excluding hydrogens is 178 g/mol. The standard InChI is InChI=1S/C11H17NO2/c1-4-6-12-7-5-9(13)11(14)10(12)8(2)3/h5,7-8,14H,4,6H2,1-3H3. The number of hydrogen-bond donors (Lipinski definition) is 1. The summed E-state index contributed by atoms with van der Waals surface area (Å²) in [7, 11) is 0. The zero-order valence-electron chi connectivity index (χ0n) is 8.95. The Bertz CT molecular complexity index is 366. The SMILES string of the molecule is CCCn1ccc(=O)c(O)c1C(C)C. The molecule has 14 heavy (non-hydrogen) atoms. The van der Waals surface area contributed by atoms with E-state index in [-0.39, 0.29) is 17.1 Å². The van der Waals surface area contributed by atoms with Gasteiger partial charge in [0.25, 0.3) is 0 Å². The van der Waals surface area contributed by atoms with Crippen molar-refractivity contribution in [3.8, 4) is 5.75 Å². The highest BCUT2D eigenvalue weighted by Gasteiger charge is 2.12. The number of rotatable bonds is 3. The summed E-state index contributed by atoms with van der Waals surface area (Å²) < 4.78 is 1.95. The molecule has 78 valence electrons. The van der Waals surface area contributed by atoms with Gasteiger partial charge in [-0.25, -0.2) is 0 Å². The van der Waals surface area contributed by atoms with Crippen molar-refractivity contribution in [3.05, 3.63) is 28.2 Å². The number of hydrogen-bond acceptors (Lipinski definition) is 2. The molecule has 0 atom stereocenters. The third kappa shape index (κ3) is 1.97. The zero-order chi connectivity index (χ0) is 10.7. The van der Waals surface area contributed by atoms with Crippen LogP contribution in [-0.4, -0.2) is 9.67 Å². The molecule has 0 spiro atoms. The molecule has 0 fully saturated rings. The van der Waals surface area contributed by atoms with Crippen LogP contribution in [0, 0.1) is 0 Å². The molecule has 0 aliphatic carbocycles. The van der Waals surface area contributed by atoms with Gasteiger partial charge in [-0.1, -0.05) is 20.8 Å². The summed E-state index contributed by atoms with van der Waals surface area (Å²) in [6, 6.07) is 1.41. The minimum absolute atomic E-state index is 0.101. The molecule has 1 rings (SSSR count). The van der Waals surface area contributed by atoms with E-state index in [2.05, 4.69) is 6.92 Å². The number of aromatic hydroxyl groups is 1. The highest BCUT2D eigenvalue weighted by molar-refractivity contribution is 5.29. The summed E-state index contributed by atoms with van der Waals surface area (Å²) in [5, 5.41) is 9.64. The van der Waals surface area contributed by atoms with E-state index in [1.807, 2.05) is 18.4 Å². The summed E-state index contributed by atoms with van der Waals surface area (Å²) >= 11 is 0. The number of aromatic nitrogens is 1. The maximum Gasteiger partial charge on any atom is 0.223 e. The summed E-state index contributed by atoms with van der Waals surface area (Å²) in [6.45, 7) is 6.85. The molecule has 0 unspecified atom stereocenters. The zero-order valence-corrected chi connectivity index (χ0v) is 8.95. The summed E-state index contributed by atoms with van der Waals surface area (Å²) in [5.41, 5.74) is 0.445. The van der Waals surface area contributed by atoms with Crippen molar-refractivity contribution >= 4 is 0 Å². The first-order valence-electron chi connectivity index (χ1n) is 5.00. The van der Waals surface area contributed by atoms with Crippen molar-refractivity contribution in [2.45, 2.75) is 39.7 Å². The average molecular weight is 195 g/mol. The van der Waals surface area contributed by atoms with Crippen LogP contribution in [-0.2, 0) is 6.54 Å². The van der Waals surface area contributed by atoms with Crippen molar-refractivity contribution < 1.29 is 5.11 Å². The minimum Gasteiger partial charge on any atom is -0.503 e. The highest BCUT2D eigenvalue weighted by Crippen LogP contribution is 2.21. The van der Waals surface area contributed by atoms with E-state index < -0.39 is 0 Å². The van der Waals surface area contributed by atoms with Crippen LogP contribution in [0.25, 0.3) is 0 Å². The minimum atomic E-state index is -0.291. The molecule has 3 heteroatoms. The first kappa shape index (κ1) is 10.8.